The van der Waals surface area contributed by atoms with Crippen LogP contribution < -0.4 is 5.32 Å². The van der Waals surface area contributed by atoms with Crippen molar-refractivity contribution in [2.75, 3.05) is 20.4 Å². The lowest BCUT2D eigenvalue weighted by atomic mass is 9.83. The molecule has 1 aromatic carbocycles. The molecule has 0 aliphatic carbocycles. The molecule has 0 aliphatic heterocycles. The molecule has 1 rings (SSSR count). The summed E-state index contributed by atoms with van der Waals surface area (Å²) in [5.74, 6) is 0.596. The number of hydrogen-bond donors (Lipinski definition) is 1. The molecule has 0 spiro atoms. The van der Waals surface area contributed by atoms with Gasteiger partial charge in [0.1, 0.15) is 0 Å². The fourth-order valence-corrected chi connectivity index (χ4v) is 1.89. The lowest BCUT2D eigenvalue weighted by molar-refractivity contribution is 0.169. The van der Waals surface area contributed by atoms with Crippen molar-refractivity contribution in [3.05, 3.63) is 35.4 Å². The van der Waals surface area contributed by atoms with Gasteiger partial charge in [0, 0.05) is 19.1 Å². The smallest absolute Gasteiger partial charge is 0.0961 e. The quantitative estimate of drug-likeness (QED) is 0.603. The van der Waals surface area contributed by atoms with Crippen LogP contribution >= 0.6 is 0 Å². The largest absolute Gasteiger partial charge is 0.370 e. The predicted octanol–water partition coefficient (Wildman–Crippen LogP) is 3.28. The van der Waals surface area contributed by atoms with Crippen LogP contribution in [-0.4, -0.2) is 20.4 Å². The lowest BCUT2D eigenvalue weighted by Gasteiger charge is -2.26. The van der Waals surface area contributed by atoms with Crippen LogP contribution in [0.5, 0.6) is 0 Å². The van der Waals surface area contributed by atoms with Crippen molar-refractivity contribution in [3.8, 4) is 0 Å². The van der Waals surface area contributed by atoms with Gasteiger partial charge in [-0.3, -0.25) is 5.32 Å². The first-order chi connectivity index (χ1) is 7.97. The van der Waals surface area contributed by atoms with E-state index in [2.05, 4.69) is 57.3 Å². The molecule has 1 aromatic rings. The second-order valence-electron chi connectivity index (χ2n) is 5.52. The van der Waals surface area contributed by atoms with Crippen LogP contribution in [0.2, 0.25) is 0 Å². The zero-order chi connectivity index (χ0) is 12.9. The van der Waals surface area contributed by atoms with Crippen molar-refractivity contribution in [3.63, 3.8) is 0 Å². The van der Waals surface area contributed by atoms with E-state index >= 15 is 0 Å². The Hall–Kier alpha value is -0.860. The van der Waals surface area contributed by atoms with Gasteiger partial charge in [0.15, 0.2) is 0 Å². The maximum Gasteiger partial charge on any atom is 0.0961 e. The highest BCUT2D eigenvalue weighted by Gasteiger charge is 2.19. The molecule has 2 heteroatoms. The first-order valence-electron chi connectivity index (χ1n) is 6.27. The van der Waals surface area contributed by atoms with Crippen LogP contribution in [0.3, 0.4) is 0 Å². The van der Waals surface area contributed by atoms with Crippen LogP contribution in [0.25, 0.3) is 0 Å². The van der Waals surface area contributed by atoms with Gasteiger partial charge in [-0.05, 0) is 17.0 Å². The zero-order valence-electron chi connectivity index (χ0n) is 11.7. The molecule has 0 saturated heterocycles. The molecular formula is C15H25NO. The van der Waals surface area contributed by atoms with E-state index in [0.29, 0.717) is 12.6 Å². The van der Waals surface area contributed by atoms with Gasteiger partial charge in [0.25, 0.3) is 0 Å². The van der Waals surface area contributed by atoms with Crippen LogP contribution in [0, 0.1) is 0 Å². The van der Waals surface area contributed by atoms with Crippen LogP contribution in [0.15, 0.2) is 24.3 Å². The molecule has 0 atom stereocenters. The number of benzene rings is 1. The summed E-state index contributed by atoms with van der Waals surface area (Å²) >= 11 is 0. The number of rotatable bonds is 6. The minimum Gasteiger partial charge on any atom is -0.370 e. The Morgan fingerprint density at radius 1 is 1.18 bits per heavy atom. The Bertz CT molecular complexity index is 327. The number of methoxy groups -OCH3 is 1. The van der Waals surface area contributed by atoms with E-state index in [9.17, 15) is 0 Å². The topological polar surface area (TPSA) is 21.3 Å². The molecule has 0 heterocycles. The fourth-order valence-electron chi connectivity index (χ4n) is 1.89. The lowest BCUT2D eigenvalue weighted by Crippen LogP contribution is -2.33. The van der Waals surface area contributed by atoms with E-state index in [1.165, 1.54) is 11.1 Å². The molecule has 0 radical (unpaired) electrons. The van der Waals surface area contributed by atoms with Crippen molar-refractivity contribution >= 4 is 0 Å². The Morgan fingerprint density at radius 3 is 2.24 bits per heavy atom. The number of nitrogens with one attached hydrogen (secondary N) is 1. The van der Waals surface area contributed by atoms with E-state index in [0.717, 1.165) is 6.54 Å². The van der Waals surface area contributed by atoms with E-state index in [4.69, 9.17) is 4.74 Å². The molecule has 0 aromatic heterocycles. The summed E-state index contributed by atoms with van der Waals surface area (Å²) < 4.78 is 5.01. The van der Waals surface area contributed by atoms with Gasteiger partial charge in [0.2, 0.25) is 0 Å². The molecule has 2 nitrogen and oxygen atoms in total. The maximum atomic E-state index is 5.01. The minimum atomic E-state index is 0.133. The molecule has 0 fully saturated rings. The Labute approximate surface area is 105 Å². The Kier molecular flexibility index (Phi) is 5.16. The molecule has 0 saturated carbocycles. The molecule has 0 amide bonds. The average molecular weight is 235 g/mol. The summed E-state index contributed by atoms with van der Waals surface area (Å²) in [6, 6.07) is 8.95. The predicted molar refractivity (Wildman–Crippen MR) is 73.4 cm³/mol. The fraction of sp³-hybridized carbons (Fsp3) is 0.600. The van der Waals surface area contributed by atoms with Crippen molar-refractivity contribution in [1.82, 2.24) is 5.32 Å². The van der Waals surface area contributed by atoms with Gasteiger partial charge in [-0.25, -0.2) is 0 Å². The highest BCUT2D eigenvalue weighted by atomic mass is 16.5. The van der Waals surface area contributed by atoms with Gasteiger partial charge in [-0.15, -0.1) is 0 Å². The highest BCUT2D eigenvalue weighted by Crippen LogP contribution is 2.24. The molecule has 1 N–H and O–H groups in total. The van der Waals surface area contributed by atoms with Gasteiger partial charge in [0.05, 0.1) is 6.73 Å². The zero-order valence-corrected chi connectivity index (χ0v) is 11.7. The van der Waals surface area contributed by atoms with Gasteiger partial charge in [-0.1, -0.05) is 52.0 Å². The van der Waals surface area contributed by atoms with Crippen LogP contribution in [0.1, 0.15) is 44.7 Å². The summed E-state index contributed by atoms with van der Waals surface area (Å²) in [4.78, 5) is 0. The van der Waals surface area contributed by atoms with E-state index in [1.54, 1.807) is 7.11 Å². The van der Waals surface area contributed by atoms with Crippen molar-refractivity contribution < 1.29 is 4.74 Å². The van der Waals surface area contributed by atoms with Gasteiger partial charge in [-0.2, -0.15) is 0 Å². The third-order valence-corrected chi connectivity index (χ3v) is 3.17. The SMILES string of the molecule is COCNCC(C)(C)c1ccc(C(C)C)cc1. The van der Waals surface area contributed by atoms with Crippen LogP contribution in [0.4, 0.5) is 0 Å². The molecular weight excluding hydrogens is 210 g/mol. The molecule has 0 unspecified atom stereocenters. The summed E-state index contributed by atoms with van der Waals surface area (Å²) in [5.41, 5.74) is 2.90. The summed E-state index contributed by atoms with van der Waals surface area (Å²) in [7, 11) is 1.71. The van der Waals surface area contributed by atoms with E-state index < -0.39 is 0 Å². The van der Waals surface area contributed by atoms with Gasteiger partial charge >= 0.3 is 0 Å². The molecule has 96 valence electrons. The summed E-state index contributed by atoms with van der Waals surface area (Å²) in [6.45, 7) is 10.5. The van der Waals surface area contributed by atoms with E-state index in [1.807, 2.05) is 0 Å². The van der Waals surface area contributed by atoms with Gasteiger partial charge < -0.3 is 4.74 Å². The highest BCUT2D eigenvalue weighted by molar-refractivity contribution is 5.29. The first-order valence-corrected chi connectivity index (χ1v) is 6.27. The average Bonchev–Trinajstić information content (AvgIpc) is 2.29. The monoisotopic (exact) mass is 235 g/mol. The number of ether oxygens (including phenoxy) is 1. The molecule has 0 bridgehead atoms. The Morgan fingerprint density at radius 2 is 1.76 bits per heavy atom. The number of hydrogen-bond acceptors (Lipinski definition) is 2. The summed E-state index contributed by atoms with van der Waals surface area (Å²) in [5, 5.41) is 3.29. The van der Waals surface area contributed by atoms with Crippen molar-refractivity contribution in [1.29, 1.82) is 0 Å². The Balaban J connectivity index is 2.70. The minimum absolute atomic E-state index is 0.133. The third-order valence-electron chi connectivity index (χ3n) is 3.17. The molecule has 17 heavy (non-hydrogen) atoms. The standard InChI is InChI=1S/C15H25NO/c1-12(2)13-6-8-14(9-7-13)15(3,4)10-16-11-17-5/h6-9,12,16H,10-11H2,1-5H3. The third kappa shape index (κ3) is 4.14. The van der Waals surface area contributed by atoms with E-state index in [-0.39, 0.29) is 5.41 Å². The maximum absolute atomic E-state index is 5.01. The second-order valence-corrected chi connectivity index (χ2v) is 5.52. The van der Waals surface area contributed by atoms with Crippen LogP contribution in [-0.2, 0) is 10.2 Å². The second kappa shape index (κ2) is 6.18. The summed E-state index contributed by atoms with van der Waals surface area (Å²) in [6.07, 6.45) is 0. The first kappa shape index (κ1) is 14.2. The van der Waals surface area contributed by atoms with Crippen molar-refractivity contribution in [2.45, 2.75) is 39.0 Å². The van der Waals surface area contributed by atoms with Crippen molar-refractivity contribution in [2.24, 2.45) is 0 Å². The normalized spacial score (nSPS) is 12.1. The molecule has 0 aliphatic rings.